The zero-order valence-electron chi connectivity index (χ0n) is 10.8. The second-order valence-corrected chi connectivity index (χ2v) is 4.15. The molecule has 102 valence electrons. The lowest BCUT2D eigenvalue weighted by atomic mass is 10.2. The van der Waals surface area contributed by atoms with Crippen LogP contribution in [0, 0.1) is 6.92 Å². The van der Waals surface area contributed by atoms with Crippen LogP contribution in [0.3, 0.4) is 0 Å². The molecule has 20 heavy (non-hydrogen) atoms. The molecule has 6 nitrogen and oxygen atoms in total. The molecule has 0 aliphatic heterocycles. The topological polar surface area (TPSA) is 91.3 Å². The summed E-state index contributed by atoms with van der Waals surface area (Å²) in [6, 6.07) is 9.01. The maximum absolute atomic E-state index is 11.7. The number of benzene rings is 1. The lowest BCUT2D eigenvalue weighted by Crippen LogP contribution is -2.19. The van der Waals surface area contributed by atoms with Crippen molar-refractivity contribution in [2.45, 2.75) is 6.92 Å². The maximum atomic E-state index is 11.7. The number of aromatic nitrogens is 1. The summed E-state index contributed by atoms with van der Waals surface area (Å²) in [4.78, 5) is 26.5. The summed E-state index contributed by atoms with van der Waals surface area (Å²) in [7, 11) is 0. The Morgan fingerprint density at radius 3 is 2.15 bits per heavy atom. The molecule has 0 atom stereocenters. The van der Waals surface area contributed by atoms with Crippen molar-refractivity contribution in [3.05, 3.63) is 53.9 Å². The second-order valence-electron chi connectivity index (χ2n) is 4.15. The summed E-state index contributed by atoms with van der Waals surface area (Å²) in [5.74, 6) is -1.01. The van der Waals surface area contributed by atoms with Crippen LogP contribution in [0.1, 0.15) is 16.1 Å². The van der Waals surface area contributed by atoms with Crippen LogP contribution in [0.5, 0.6) is 0 Å². The van der Waals surface area contributed by atoms with E-state index in [4.69, 9.17) is 5.11 Å². The number of carbonyl (C=O) groups is 2. The number of hydrogen-bond acceptors (Lipinski definition) is 3. The molecule has 2 rings (SSSR count). The minimum Gasteiger partial charge on any atom is -0.478 e. The van der Waals surface area contributed by atoms with Crippen LogP contribution in [0.2, 0.25) is 0 Å². The molecular formula is C14H13N3O3. The van der Waals surface area contributed by atoms with Crippen molar-refractivity contribution >= 4 is 23.4 Å². The van der Waals surface area contributed by atoms with Gasteiger partial charge in [0, 0.05) is 11.4 Å². The van der Waals surface area contributed by atoms with E-state index >= 15 is 0 Å². The van der Waals surface area contributed by atoms with Gasteiger partial charge in [-0.1, -0.05) is 0 Å². The molecule has 2 amide bonds. The Morgan fingerprint density at radius 2 is 1.60 bits per heavy atom. The van der Waals surface area contributed by atoms with E-state index in [2.05, 4.69) is 15.6 Å². The fourth-order valence-corrected chi connectivity index (χ4v) is 1.53. The smallest absolute Gasteiger partial charge is 0.335 e. The van der Waals surface area contributed by atoms with E-state index in [0.717, 1.165) is 5.69 Å². The molecule has 0 aliphatic carbocycles. The molecule has 0 saturated heterocycles. The van der Waals surface area contributed by atoms with Gasteiger partial charge < -0.3 is 15.7 Å². The predicted molar refractivity (Wildman–Crippen MR) is 75.0 cm³/mol. The van der Waals surface area contributed by atoms with Crippen LogP contribution in [0.15, 0.2) is 42.6 Å². The van der Waals surface area contributed by atoms with Gasteiger partial charge in [-0.25, -0.2) is 9.59 Å². The highest BCUT2D eigenvalue weighted by atomic mass is 16.4. The first-order valence-electron chi connectivity index (χ1n) is 5.88. The van der Waals surface area contributed by atoms with Gasteiger partial charge in [-0.05, 0) is 43.3 Å². The van der Waals surface area contributed by atoms with Gasteiger partial charge >= 0.3 is 12.0 Å². The van der Waals surface area contributed by atoms with E-state index in [9.17, 15) is 9.59 Å². The van der Waals surface area contributed by atoms with Crippen molar-refractivity contribution in [3.63, 3.8) is 0 Å². The molecule has 0 unspecified atom stereocenters. The van der Waals surface area contributed by atoms with E-state index in [0.29, 0.717) is 11.4 Å². The zero-order valence-corrected chi connectivity index (χ0v) is 10.8. The van der Waals surface area contributed by atoms with Crippen LogP contribution in [-0.2, 0) is 0 Å². The first-order chi connectivity index (χ1) is 9.54. The predicted octanol–water partition coefficient (Wildman–Crippen LogP) is 2.73. The van der Waals surface area contributed by atoms with Crippen molar-refractivity contribution in [1.82, 2.24) is 4.98 Å². The third kappa shape index (κ3) is 3.55. The Kier molecular flexibility index (Phi) is 3.95. The third-order valence-corrected chi connectivity index (χ3v) is 2.56. The molecule has 0 aliphatic rings. The molecule has 0 bridgehead atoms. The van der Waals surface area contributed by atoms with E-state index in [1.807, 2.05) is 6.92 Å². The minimum absolute atomic E-state index is 0.165. The molecule has 2 aromatic rings. The summed E-state index contributed by atoms with van der Waals surface area (Å²) < 4.78 is 0. The molecule has 1 aromatic carbocycles. The van der Waals surface area contributed by atoms with Gasteiger partial charge in [-0.2, -0.15) is 0 Å². The average Bonchev–Trinajstić information content (AvgIpc) is 2.42. The van der Waals surface area contributed by atoms with Gasteiger partial charge in [-0.3, -0.25) is 4.98 Å². The Labute approximate surface area is 115 Å². The lowest BCUT2D eigenvalue weighted by molar-refractivity contribution is 0.0697. The average molecular weight is 271 g/mol. The lowest BCUT2D eigenvalue weighted by Gasteiger charge is -2.07. The van der Waals surface area contributed by atoms with Crippen LogP contribution in [0.25, 0.3) is 0 Å². The number of nitrogens with zero attached hydrogens (tertiary/aromatic N) is 1. The Morgan fingerprint density at radius 1 is 1.00 bits per heavy atom. The molecule has 1 heterocycles. The highest BCUT2D eigenvalue weighted by Crippen LogP contribution is 2.11. The quantitative estimate of drug-likeness (QED) is 0.800. The number of anilines is 2. The minimum atomic E-state index is -1.01. The Bertz CT molecular complexity index is 621. The van der Waals surface area contributed by atoms with E-state index < -0.39 is 12.0 Å². The van der Waals surface area contributed by atoms with Crippen LogP contribution >= 0.6 is 0 Å². The van der Waals surface area contributed by atoms with E-state index in [1.54, 1.807) is 18.3 Å². The van der Waals surface area contributed by atoms with Crippen LogP contribution in [-0.4, -0.2) is 22.1 Å². The van der Waals surface area contributed by atoms with E-state index in [1.165, 1.54) is 24.3 Å². The van der Waals surface area contributed by atoms with Crippen molar-refractivity contribution in [2.75, 3.05) is 10.6 Å². The maximum Gasteiger partial charge on any atom is 0.335 e. The number of aromatic carboxylic acids is 1. The van der Waals surface area contributed by atoms with Gasteiger partial charge in [-0.15, -0.1) is 0 Å². The molecule has 0 saturated carbocycles. The highest BCUT2D eigenvalue weighted by molar-refractivity contribution is 6.00. The number of hydrogen-bond donors (Lipinski definition) is 3. The molecule has 0 radical (unpaired) electrons. The molecule has 0 fully saturated rings. The fourth-order valence-electron chi connectivity index (χ4n) is 1.53. The van der Waals surface area contributed by atoms with Crippen molar-refractivity contribution in [3.8, 4) is 0 Å². The fraction of sp³-hybridized carbons (Fsp3) is 0.0714. The first kappa shape index (κ1) is 13.5. The number of carboxylic acid groups (broad SMARTS) is 1. The molecule has 0 spiro atoms. The van der Waals surface area contributed by atoms with Gasteiger partial charge in [0.25, 0.3) is 0 Å². The number of rotatable bonds is 3. The number of nitrogens with one attached hydrogen (secondary N) is 2. The van der Waals surface area contributed by atoms with Crippen LogP contribution in [0.4, 0.5) is 16.2 Å². The normalized spacial score (nSPS) is 9.85. The number of urea groups is 1. The first-order valence-corrected chi connectivity index (χ1v) is 5.88. The molecule has 6 heteroatoms. The van der Waals surface area contributed by atoms with Gasteiger partial charge in [0.15, 0.2) is 0 Å². The van der Waals surface area contributed by atoms with Crippen molar-refractivity contribution in [1.29, 1.82) is 0 Å². The Hall–Kier alpha value is -2.89. The van der Waals surface area contributed by atoms with Crippen LogP contribution < -0.4 is 10.6 Å². The van der Waals surface area contributed by atoms with Gasteiger partial charge in [0.1, 0.15) is 0 Å². The monoisotopic (exact) mass is 271 g/mol. The SMILES string of the molecule is Cc1ccc(NC(=O)Nc2ccc(C(=O)O)cc2)cn1. The summed E-state index contributed by atoms with van der Waals surface area (Å²) in [6.07, 6.45) is 1.56. The number of amides is 2. The summed E-state index contributed by atoms with van der Waals surface area (Å²) in [5.41, 5.74) is 2.11. The summed E-state index contributed by atoms with van der Waals surface area (Å²) in [5, 5.41) is 14.0. The van der Waals surface area contributed by atoms with Gasteiger partial charge in [0.2, 0.25) is 0 Å². The third-order valence-electron chi connectivity index (χ3n) is 2.56. The number of carbonyl (C=O) groups excluding carboxylic acids is 1. The summed E-state index contributed by atoms with van der Waals surface area (Å²) in [6.45, 7) is 1.86. The van der Waals surface area contributed by atoms with Gasteiger partial charge in [0.05, 0.1) is 17.4 Å². The number of pyridine rings is 1. The summed E-state index contributed by atoms with van der Waals surface area (Å²) >= 11 is 0. The highest BCUT2D eigenvalue weighted by Gasteiger charge is 2.05. The second kappa shape index (κ2) is 5.83. The zero-order chi connectivity index (χ0) is 14.5. The molecule has 1 aromatic heterocycles. The Balaban J connectivity index is 1.97. The van der Waals surface area contributed by atoms with E-state index in [-0.39, 0.29) is 5.56 Å². The number of aryl methyl sites for hydroxylation is 1. The molecule has 3 N–H and O–H groups in total. The van der Waals surface area contributed by atoms with Crippen molar-refractivity contribution < 1.29 is 14.7 Å². The standard InChI is InChI=1S/C14H13N3O3/c1-9-2-5-12(8-15-9)17-14(20)16-11-6-3-10(4-7-11)13(18)19/h2-8H,1H3,(H,18,19)(H2,16,17,20). The largest absolute Gasteiger partial charge is 0.478 e. The molecular weight excluding hydrogens is 258 g/mol. The van der Waals surface area contributed by atoms with Crippen molar-refractivity contribution in [2.24, 2.45) is 0 Å². The number of carboxylic acids is 1.